The highest BCUT2D eigenvalue weighted by atomic mass is 32.2. The van der Waals surface area contributed by atoms with Gasteiger partial charge in [-0.05, 0) is 61.9 Å². The van der Waals surface area contributed by atoms with E-state index in [0.717, 1.165) is 31.4 Å². The van der Waals surface area contributed by atoms with E-state index in [2.05, 4.69) is 15.1 Å². The number of sulfone groups is 1. The van der Waals surface area contributed by atoms with Gasteiger partial charge in [0.05, 0.1) is 16.3 Å². The van der Waals surface area contributed by atoms with Crippen LogP contribution in [-0.4, -0.2) is 33.9 Å². The largest absolute Gasteiger partial charge is 0.341 e. The van der Waals surface area contributed by atoms with Gasteiger partial charge in [0.1, 0.15) is 0 Å². The van der Waals surface area contributed by atoms with Crippen LogP contribution in [0.25, 0.3) is 17.2 Å². The number of alkyl halides is 2. The molecule has 2 aliphatic rings. The van der Waals surface area contributed by atoms with Crippen LogP contribution in [-0.2, 0) is 9.84 Å². The topological polar surface area (TPSA) is 97.7 Å². The number of rotatable bonds is 5. The molecule has 1 unspecified atom stereocenters. The van der Waals surface area contributed by atoms with Crippen molar-refractivity contribution in [2.45, 2.75) is 42.8 Å². The van der Waals surface area contributed by atoms with Gasteiger partial charge in [-0.1, -0.05) is 6.07 Å². The number of hydrogen-bond acceptors (Lipinski definition) is 5. The van der Waals surface area contributed by atoms with Crippen molar-refractivity contribution in [3.05, 3.63) is 58.1 Å². The third-order valence-electron chi connectivity index (χ3n) is 6.01. The minimum absolute atomic E-state index is 0.243. The van der Waals surface area contributed by atoms with Gasteiger partial charge in [0.15, 0.2) is 11.6 Å². The molecule has 2 fully saturated rings. The quantitative estimate of drug-likeness (QED) is 0.668. The van der Waals surface area contributed by atoms with Crippen molar-refractivity contribution in [2.24, 2.45) is 5.41 Å². The molecule has 1 N–H and O–H groups in total. The maximum absolute atomic E-state index is 12.8. The number of benzene rings is 1. The number of aryl methyl sites for hydroxylation is 1. The average molecular weight is 432 g/mol. The molecule has 1 spiro atoms. The maximum atomic E-state index is 12.8. The lowest BCUT2D eigenvalue weighted by Gasteiger charge is -2.08. The summed E-state index contributed by atoms with van der Waals surface area (Å²) in [4.78, 5) is 19.1. The number of hydrogen-bond donors (Lipinski definition) is 1. The van der Waals surface area contributed by atoms with Crippen LogP contribution in [0.15, 0.2) is 46.1 Å². The fraction of sp³-hybridized carbons (Fsp3) is 0.350. The second kappa shape index (κ2) is 6.31. The first kappa shape index (κ1) is 19.1. The molecule has 7 nitrogen and oxygen atoms in total. The molecule has 2 heterocycles. The van der Waals surface area contributed by atoms with Crippen molar-refractivity contribution in [1.82, 2.24) is 19.7 Å². The monoisotopic (exact) mass is 432 g/mol. The summed E-state index contributed by atoms with van der Waals surface area (Å²) in [5, 5.41) is 4.62. The van der Waals surface area contributed by atoms with Gasteiger partial charge in [-0.25, -0.2) is 18.1 Å². The van der Waals surface area contributed by atoms with Crippen LogP contribution in [0.4, 0.5) is 8.78 Å². The van der Waals surface area contributed by atoms with E-state index in [1.54, 1.807) is 19.1 Å². The van der Waals surface area contributed by atoms with Gasteiger partial charge < -0.3 is 4.98 Å². The Labute approximate surface area is 170 Å². The minimum atomic E-state index is -4.68. The summed E-state index contributed by atoms with van der Waals surface area (Å²) < 4.78 is 50.5. The Balaban J connectivity index is 1.60. The molecule has 0 radical (unpaired) electrons. The van der Waals surface area contributed by atoms with E-state index in [1.165, 1.54) is 16.8 Å². The van der Waals surface area contributed by atoms with E-state index in [-0.39, 0.29) is 11.5 Å². The van der Waals surface area contributed by atoms with E-state index < -0.39 is 20.5 Å². The van der Waals surface area contributed by atoms with Crippen molar-refractivity contribution < 1.29 is 17.2 Å². The summed E-state index contributed by atoms with van der Waals surface area (Å²) in [6, 6.07) is 8.48. The highest BCUT2D eigenvalue weighted by molar-refractivity contribution is 7.91. The molecule has 30 heavy (non-hydrogen) atoms. The fourth-order valence-electron chi connectivity index (χ4n) is 3.81. The van der Waals surface area contributed by atoms with Crippen LogP contribution < -0.4 is 5.56 Å². The average Bonchev–Trinajstić information content (AvgIpc) is 3.61. The summed E-state index contributed by atoms with van der Waals surface area (Å²) >= 11 is 0. The molecule has 2 aromatic heterocycles. The minimum Gasteiger partial charge on any atom is -0.319 e. The summed E-state index contributed by atoms with van der Waals surface area (Å²) in [6.07, 6.45) is 3.35. The third-order valence-corrected chi connectivity index (χ3v) is 7.41. The van der Waals surface area contributed by atoms with Crippen molar-refractivity contribution >= 4 is 9.84 Å². The summed E-state index contributed by atoms with van der Waals surface area (Å²) in [7, 11) is -4.68. The third kappa shape index (κ3) is 2.97. The number of nitrogens with zero attached hydrogens (tertiary/aromatic N) is 3. The lowest BCUT2D eigenvalue weighted by Crippen LogP contribution is -2.12. The lowest BCUT2D eigenvalue weighted by molar-refractivity contribution is 0.234. The van der Waals surface area contributed by atoms with Crippen LogP contribution in [0.2, 0.25) is 0 Å². The van der Waals surface area contributed by atoms with Gasteiger partial charge in [0, 0.05) is 11.5 Å². The second-order valence-corrected chi connectivity index (χ2v) is 9.93. The maximum Gasteiger partial charge on any atom is 0.341 e. The lowest BCUT2D eigenvalue weighted by atomic mass is 10.2. The zero-order chi connectivity index (χ0) is 21.3. The molecule has 1 aromatic carbocycles. The van der Waals surface area contributed by atoms with Crippen LogP contribution in [0.1, 0.15) is 36.6 Å². The van der Waals surface area contributed by atoms with Gasteiger partial charge in [-0.3, -0.25) is 4.79 Å². The molecule has 2 aliphatic carbocycles. The van der Waals surface area contributed by atoms with Gasteiger partial charge in [0.25, 0.3) is 5.56 Å². The first-order valence-corrected chi connectivity index (χ1v) is 11.1. The van der Waals surface area contributed by atoms with E-state index in [9.17, 15) is 22.0 Å². The fourth-order valence-corrected chi connectivity index (χ4v) is 4.53. The van der Waals surface area contributed by atoms with Crippen LogP contribution in [0.5, 0.6) is 0 Å². The zero-order valence-electron chi connectivity index (χ0n) is 16.0. The van der Waals surface area contributed by atoms with Gasteiger partial charge in [-0.15, -0.1) is 0 Å². The second-order valence-electron chi connectivity index (χ2n) is 8.01. The Morgan fingerprint density at radius 3 is 2.43 bits per heavy atom. The first-order chi connectivity index (χ1) is 14.2. The smallest absolute Gasteiger partial charge is 0.319 e. The van der Waals surface area contributed by atoms with Crippen molar-refractivity contribution in [3.8, 4) is 17.2 Å². The highest BCUT2D eigenvalue weighted by Crippen LogP contribution is 2.74. The molecule has 3 aromatic rings. The summed E-state index contributed by atoms with van der Waals surface area (Å²) in [5.74, 6) is -2.13. The number of aromatic nitrogens is 4. The van der Waals surface area contributed by atoms with E-state index in [1.807, 2.05) is 0 Å². The van der Waals surface area contributed by atoms with Gasteiger partial charge >= 0.3 is 5.76 Å². The van der Waals surface area contributed by atoms with E-state index in [0.29, 0.717) is 34.0 Å². The normalized spacial score (nSPS) is 19.4. The number of halogens is 2. The number of H-pyrrole nitrogens is 1. The van der Waals surface area contributed by atoms with Gasteiger partial charge in [-0.2, -0.15) is 13.9 Å². The molecule has 10 heteroatoms. The molecule has 0 saturated heterocycles. The van der Waals surface area contributed by atoms with E-state index >= 15 is 0 Å². The standard InChI is InChI=1S/C20H18F2N4O3S/c1-11-2-7-15(23-18(11)27)17-24-16(14-10-20(14)8-9-20)25-26(17)12-3-5-13(6-4-12)30(28,29)19(21)22/h2-7,14,19H,8-10H2,1H3,(H,23,27). The highest BCUT2D eigenvalue weighted by Gasteiger charge is 2.64. The van der Waals surface area contributed by atoms with Crippen molar-refractivity contribution in [1.29, 1.82) is 0 Å². The van der Waals surface area contributed by atoms with Crippen LogP contribution in [0.3, 0.4) is 0 Å². The molecule has 1 atom stereocenters. The first-order valence-electron chi connectivity index (χ1n) is 9.51. The molecule has 0 amide bonds. The van der Waals surface area contributed by atoms with Crippen LogP contribution >= 0.6 is 0 Å². The van der Waals surface area contributed by atoms with Gasteiger partial charge in [0.2, 0.25) is 9.84 Å². The van der Waals surface area contributed by atoms with Crippen LogP contribution in [0, 0.1) is 12.3 Å². The number of aromatic amines is 1. The SMILES string of the molecule is Cc1ccc(-c2nc(C3CC34CC4)nn2-c2ccc(S(=O)(=O)C(F)F)cc2)[nH]c1=O. The molecule has 0 bridgehead atoms. The summed E-state index contributed by atoms with van der Waals surface area (Å²) in [5.41, 5.74) is 1.57. The molecule has 0 aliphatic heterocycles. The zero-order valence-corrected chi connectivity index (χ0v) is 16.8. The molecular formula is C20H18F2N4O3S. The van der Waals surface area contributed by atoms with Crippen molar-refractivity contribution in [2.75, 3.05) is 0 Å². The molecule has 2 saturated carbocycles. The Hall–Kier alpha value is -2.88. The number of pyridine rings is 1. The Morgan fingerprint density at radius 1 is 1.17 bits per heavy atom. The predicted octanol–water partition coefficient (Wildman–Crippen LogP) is 3.19. The Bertz CT molecular complexity index is 1310. The molecule has 5 rings (SSSR count). The Morgan fingerprint density at radius 2 is 1.87 bits per heavy atom. The van der Waals surface area contributed by atoms with E-state index in [4.69, 9.17) is 0 Å². The predicted molar refractivity (Wildman–Crippen MR) is 104 cm³/mol. The molecular weight excluding hydrogens is 414 g/mol. The Kier molecular flexibility index (Phi) is 4.02. The number of nitrogens with one attached hydrogen (secondary N) is 1. The molecule has 156 valence electrons. The summed E-state index contributed by atoms with van der Waals surface area (Å²) in [6.45, 7) is 1.70. The van der Waals surface area contributed by atoms with Crippen molar-refractivity contribution in [3.63, 3.8) is 0 Å².